The smallest absolute Gasteiger partial charge is 0.261 e. The number of hydrogen-bond acceptors (Lipinski definition) is 5. The van der Waals surface area contributed by atoms with Crippen LogP contribution in [0.3, 0.4) is 0 Å². The molecule has 1 aromatic heterocycles. The Labute approximate surface area is 150 Å². The Morgan fingerprint density at radius 1 is 1.08 bits per heavy atom. The summed E-state index contributed by atoms with van der Waals surface area (Å²) in [4.78, 5) is 12.4. The van der Waals surface area contributed by atoms with Crippen LogP contribution >= 0.6 is 0 Å². The molecule has 1 aliphatic rings. The minimum atomic E-state index is -3.75. The number of hydrogen-bond donors (Lipinski definition) is 1. The largest absolute Gasteiger partial charge is 0.497 e. The van der Waals surface area contributed by atoms with Crippen molar-refractivity contribution < 1.29 is 22.4 Å². The van der Waals surface area contributed by atoms with Crippen molar-refractivity contribution >= 4 is 32.5 Å². The quantitative estimate of drug-likeness (QED) is 0.755. The third-order valence-electron chi connectivity index (χ3n) is 4.47. The molecule has 4 rings (SSSR count). The molecule has 3 aromatic rings. The second-order valence-electron chi connectivity index (χ2n) is 6.17. The van der Waals surface area contributed by atoms with Crippen molar-refractivity contribution in [3.8, 4) is 5.75 Å². The van der Waals surface area contributed by atoms with Gasteiger partial charge in [0.15, 0.2) is 5.78 Å². The average molecular weight is 371 g/mol. The summed E-state index contributed by atoms with van der Waals surface area (Å²) >= 11 is 0. The normalized spacial score (nSPS) is 14.3. The summed E-state index contributed by atoms with van der Waals surface area (Å²) in [6, 6.07) is 11.1. The molecule has 134 valence electrons. The first-order valence-electron chi connectivity index (χ1n) is 8.23. The number of fused-ring (bicyclic) bond motifs is 3. The highest BCUT2D eigenvalue weighted by molar-refractivity contribution is 7.92. The first-order valence-corrected chi connectivity index (χ1v) is 9.72. The summed E-state index contributed by atoms with van der Waals surface area (Å²) < 4.78 is 38.5. The predicted molar refractivity (Wildman–Crippen MR) is 97.3 cm³/mol. The Bertz CT molecular complexity index is 1100. The number of furan rings is 1. The molecule has 26 heavy (non-hydrogen) atoms. The van der Waals surface area contributed by atoms with E-state index in [0.717, 1.165) is 12.8 Å². The summed E-state index contributed by atoms with van der Waals surface area (Å²) in [6.07, 6.45) is 1.99. The molecule has 0 atom stereocenters. The van der Waals surface area contributed by atoms with Gasteiger partial charge in [-0.15, -0.1) is 0 Å². The fourth-order valence-corrected chi connectivity index (χ4v) is 4.25. The molecule has 0 unspecified atom stereocenters. The third kappa shape index (κ3) is 2.84. The van der Waals surface area contributed by atoms with Crippen molar-refractivity contribution in [1.29, 1.82) is 0 Å². The van der Waals surface area contributed by atoms with Crippen molar-refractivity contribution in [3.63, 3.8) is 0 Å². The van der Waals surface area contributed by atoms with E-state index in [1.807, 2.05) is 0 Å². The number of benzene rings is 2. The Kier molecular flexibility index (Phi) is 3.96. The zero-order chi connectivity index (χ0) is 18.3. The van der Waals surface area contributed by atoms with E-state index in [9.17, 15) is 13.2 Å². The van der Waals surface area contributed by atoms with E-state index >= 15 is 0 Å². The predicted octanol–water partition coefficient (Wildman–Crippen LogP) is 3.76. The van der Waals surface area contributed by atoms with Gasteiger partial charge < -0.3 is 9.15 Å². The number of ether oxygens (including phenoxy) is 1. The standard InChI is InChI=1S/C19H17NO5S/c1-24-13-6-8-14(9-7-13)26(22,23)20-12-5-10-17-15(11-12)19-16(21)3-2-4-18(19)25-17/h5-11,20H,2-4H2,1H3. The van der Waals surface area contributed by atoms with Crippen LogP contribution in [0.5, 0.6) is 5.75 Å². The zero-order valence-corrected chi connectivity index (χ0v) is 14.9. The molecule has 0 saturated carbocycles. The highest BCUT2D eigenvalue weighted by atomic mass is 32.2. The molecule has 1 aliphatic carbocycles. The molecule has 2 aromatic carbocycles. The Hall–Kier alpha value is -2.80. The van der Waals surface area contributed by atoms with Crippen LogP contribution in [0.15, 0.2) is 51.8 Å². The third-order valence-corrected chi connectivity index (χ3v) is 5.87. The van der Waals surface area contributed by atoms with E-state index in [2.05, 4.69) is 4.72 Å². The van der Waals surface area contributed by atoms with Crippen LogP contribution in [-0.4, -0.2) is 21.3 Å². The second kappa shape index (κ2) is 6.17. The number of Topliss-reactive ketones (excluding diaryl/α,β-unsaturated/α-hetero) is 1. The molecular formula is C19H17NO5S. The minimum Gasteiger partial charge on any atom is -0.497 e. The van der Waals surface area contributed by atoms with Crippen LogP contribution < -0.4 is 9.46 Å². The summed E-state index contributed by atoms with van der Waals surface area (Å²) in [5.74, 6) is 1.31. The van der Waals surface area contributed by atoms with Gasteiger partial charge in [0.2, 0.25) is 0 Å². The molecule has 7 heteroatoms. The van der Waals surface area contributed by atoms with Crippen LogP contribution in [0, 0.1) is 0 Å². The molecule has 6 nitrogen and oxygen atoms in total. The van der Waals surface area contributed by atoms with Crippen LogP contribution in [0.1, 0.15) is 29.0 Å². The fraction of sp³-hybridized carbons (Fsp3) is 0.211. The molecule has 0 spiro atoms. The zero-order valence-electron chi connectivity index (χ0n) is 14.1. The maximum atomic E-state index is 12.6. The summed E-state index contributed by atoms with van der Waals surface area (Å²) in [5, 5.41) is 0.652. The molecule has 0 saturated heterocycles. The monoisotopic (exact) mass is 371 g/mol. The minimum absolute atomic E-state index is 0.0418. The van der Waals surface area contributed by atoms with E-state index in [4.69, 9.17) is 9.15 Å². The average Bonchev–Trinajstić information content (AvgIpc) is 3.00. The maximum absolute atomic E-state index is 12.6. The first kappa shape index (κ1) is 16.7. The van der Waals surface area contributed by atoms with Gasteiger partial charge in [-0.3, -0.25) is 9.52 Å². The van der Waals surface area contributed by atoms with E-state index in [1.54, 1.807) is 30.3 Å². The molecule has 0 aliphatic heterocycles. The van der Waals surface area contributed by atoms with E-state index in [0.29, 0.717) is 40.2 Å². The van der Waals surface area contributed by atoms with Crippen molar-refractivity contribution in [2.45, 2.75) is 24.2 Å². The maximum Gasteiger partial charge on any atom is 0.261 e. The van der Waals surface area contributed by atoms with Gasteiger partial charge in [-0.1, -0.05) is 0 Å². The van der Waals surface area contributed by atoms with E-state index in [1.165, 1.54) is 19.2 Å². The highest BCUT2D eigenvalue weighted by Crippen LogP contribution is 2.34. The number of anilines is 1. The van der Waals surface area contributed by atoms with Crippen molar-refractivity contribution in [2.75, 3.05) is 11.8 Å². The fourth-order valence-electron chi connectivity index (χ4n) is 3.20. The number of aryl methyl sites for hydroxylation is 1. The number of sulfonamides is 1. The van der Waals surface area contributed by atoms with Gasteiger partial charge in [-0.05, 0) is 48.9 Å². The number of carbonyl (C=O) groups excluding carboxylic acids is 1. The molecule has 1 N–H and O–H groups in total. The van der Waals surface area contributed by atoms with Gasteiger partial charge in [0, 0.05) is 23.9 Å². The van der Waals surface area contributed by atoms with Gasteiger partial charge in [0.25, 0.3) is 10.0 Å². The van der Waals surface area contributed by atoms with Crippen LogP contribution in [0.2, 0.25) is 0 Å². The number of rotatable bonds is 4. The van der Waals surface area contributed by atoms with Crippen molar-refractivity contribution in [1.82, 2.24) is 0 Å². The Morgan fingerprint density at radius 2 is 1.85 bits per heavy atom. The summed E-state index contributed by atoms with van der Waals surface area (Å²) in [5.41, 5.74) is 1.56. The lowest BCUT2D eigenvalue weighted by molar-refractivity contribution is 0.0971. The SMILES string of the molecule is COc1ccc(S(=O)(=O)Nc2ccc3oc4c(c3c2)C(=O)CCC4)cc1. The van der Waals surface area contributed by atoms with Gasteiger partial charge >= 0.3 is 0 Å². The number of carbonyl (C=O) groups is 1. The second-order valence-corrected chi connectivity index (χ2v) is 7.85. The van der Waals surface area contributed by atoms with Crippen LogP contribution in [-0.2, 0) is 16.4 Å². The summed E-state index contributed by atoms with van der Waals surface area (Å²) in [6.45, 7) is 0. The lowest BCUT2D eigenvalue weighted by atomic mass is 9.94. The van der Waals surface area contributed by atoms with Crippen molar-refractivity contribution in [3.05, 3.63) is 53.8 Å². The number of ketones is 1. The van der Waals surface area contributed by atoms with E-state index in [-0.39, 0.29) is 10.7 Å². The molecule has 0 amide bonds. The number of nitrogens with one attached hydrogen (secondary N) is 1. The van der Waals surface area contributed by atoms with Crippen LogP contribution in [0.25, 0.3) is 11.0 Å². The van der Waals surface area contributed by atoms with E-state index < -0.39 is 10.0 Å². The van der Waals surface area contributed by atoms with Gasteiger partial charge in [-0.2, -0.15) is 0 Å². The first-order chi connectivity index (χ1) is 12.5. The molecule has 1 heterocycles. The van der Waals surface area contributed by atoms with Gasteiger partial charge in [0.05, 0.1) is 17.6 Å². The van der Waals surface area contributed by atoms with Gasteiger partial charge in [-0.25, -0.2) is 8.42 Å². The summed E-state index contributed by atoms with van der Waals surface area (Å²) in [7, 11) is -2.23. The molecule has 0 fully saturated rings. The van der Waals surface area contributed by atoms with Crippen LogP contribution in [0.4, 0.5) is 5.69 Å². The molecule has 0 bridgehead atoms. The van der Waals surface area contributed by atoms with Crippen molar-refractivity contribution in [2.24, 2.45) is 0 Å². The Balaban J connectivity index is 1.70. The highest BCUT2D eigenvalue weighted by Gasteiger charge is 2.25. The van der Waals surface area contributed by atoms with Gasteiger partial charge in [0.1, 0.15) is 17.1 Å². The lowest BCUT2D eigenvalue weighted by Crippen LogP contribution is -2.13. The number of methoxy groups -OCH3 is 1. The lowest BCUT2D eigenvalue weighted by Gasteiger charge is -2.10. The Morgan fingerprint density at radius 3 is 2.58 bits per heavy atom. The molecule has 0 radical (unpaired) electrons. The topological polar surface area (TPSA) is 85.6 Å². The molecular weight excluding hydrogens is 354 g/mol.